The Labute approximate surface area is 162 Å². The predicted octanol–water partition coefficient (Wildman–Crippen LogP) is 2.45. The first-order valence-corrected chi connectivity index (χ1v) is 8.49. The lowest BCUT2D eigenvalue weighted by molar-refractivity contribution is 0.0593. The van der Waals surface area contributed by atoms with Crippen LogP contribution in [0.2, 0.25) is 0 Å². The number of nitrogens with zero attached hydrogens (tertiary/aromatic N) is 2. The molecule has 0 radical (unpaired) electrons. The molecule has 9 heteroatoms. The van der Waals surface area contributed by atoms with Crippen molar-refractivity contribution in [1.29, 1.82) is 0 Å². The molecule has 0 unspecified atom stereocenters. The van der Waals surface area contributed by atoms with Gasteiger partial charge in [0.1, 0.15) is 15.9 Å². The van der Waals surface area contributed by atoms with Crippen LogP contribution < -0.4 is 5.73 Å². The Bertz CT molecular complexity index is 1050. The van der Waals surface area contributed by atoms with Gasteiger partial charge in [0.15, 0.2) is 11.5 Å². The molecular formula is C18H14BrN3O5. The van der Waals surface area contributed by atoms with Crippen LogP contribution in [0.25, 0.3) is 11.4 Å². The third kappa shape index (κ3) is 2.99. The number of carbonyl (C=O) groups excluding carboxylic acids is 3. The highest BCUT2D eigenvalue weighted by Crippen LogP contribution is 2.32. The van der Waals surface area contributed by atoms with E-state index in [1.165, 1.54) is 26.4 Å². The summed E-state index contributed by atoms with van der Waals surface area (Å²) < 4.78 is 9.71. The number of nitrogens with two attached hydrogens (primary N) is 1. The minimum Gasteiger partial charge on any atom is -0.491 e. The molecule has 1 aliphatic carbocycles. The summed E-state index contributed by atoms with van der Waals surface area (Å²) in [5, 5.41) is 0. The van der Waals surface area contributed by atoms with E-state index in [1.54, 1.807) is 13.0 Å². The molecule has 0 aliphatic heterocycles. The number of rotatable bonds is 3. The van der Waals surface area contributed by atoms with Gasteiger partial charge < -0.3 is 15.2 Å². The molecule has 2 aromatic heterocycles. The van der Waals surface area contributed by atoms with E-state index >= 15 is 0 Å². The number of fused-ring (bicyclic) bond motifs is 1. The lowest BCUT2D eigenvalue weighted by Crippen LogP contribution is -2.22. The third-order valence-electron chi connectivity index (χ3n) is 4.03. The number of aryl methyl sites for hydroxylation is 1. The van der Waals surface area contributed by atoms with Crippen molar-refractivity contribution in [2.24, 2.45) is 0 Å². The second-order valence-electron chi connectivity index (χ2n) is 5.68. The summed E-state index contributed by atoms with van der Waals surface area (Å²) in [7, 11) is 2.55. The van der Waals surface area contributed by atoms with Crippen LogP contribution in [0.3, 0.4) is 0 Å². The van der Waals surface area contributed by atoms with Crippen molar-refractivity contribution in [3.8, 4) is 11.4 Å². The second kappa shape index (κ2) is 6.92. The van der Waals surface area contributed by atoms with Gasteiger partial charge in [0.25, 0.3) is 0 Å². The van der Waals surface area contributed by atoms with Crippen molar-refractivity contribution >= 4 is 39.2 Å². The molecule has 138 valence electrons. The fourth-order valence-corrected chi connectivity index (χ4v) is 3.23. The zero-order chi connectivity index (χ0) is 19.9. The molecule has 0 fully saturated rings. The number of allylic oxidation sites excluding steroid dienone is 2. The van der Waals surface area contributed by atoms with Crippen molar-refractivity contribution in [3.63, 3.8) is 0 Å². The Morgan fingerprint density at radius 2 is 1.81 bits per heavy atom. The Kier molecular flexibility index (Phi) is 4.79. The summed E-state index contributed by atoms with van der Waals surface area (Å²) in [4.78, 5) is 45.4. The van der Waals surface area contributed by atoms with E-state index in [2.05, 4.69) is 25.9 Å². The number of ketones is 2. The van der Waals surface area contributed by atoms with E-state index in [-0.39, 0.29) is 44.3 Å². The first-order valence-electron chi connectivity index (χ1n) is 7.70. The third-order valence-corrected chi connectivity index (χ3v) is 4.75. The van der Waals surface area contributed by atoms with Gasteiger partial charge in [0, 0.05) is 0 Å². The molecule has 3 rings (SSSR count). The molecule has 0 bridgehead atoms. The van der Waals surface area contributed by atoms with Crippen LogP contribution >= 0.6 is 15.9 Å². The number of esters is 1. The number of hydrogen-bond donors (Lipinski definition) is 1. The van der Waals surface area contributed by atoms with Crippen molar-refractivity contribution in [3.05, 3.63) is 51.0 Å². The number of carbonyl (C=O) groups is 3. The number of hydrogen-bond acceptors (Lipinski definition) is 8. The highest BCUT2D eigenvalue weighted by atomic mass is 79.9. The van der Waals surface area contributed by atoms with E-state index in [1.807, 2.05) is 0 Å². The molecule has 0 spiro atoms. The molecule has 2 heterocycles. The number of ether oxygens (including phenoxy) is 2. The summed E-state index contributed by atoms with van der Waals surface area (Å²) in [5.74, 6) is -1.66. The van der Waals surface area contributed by atoms with Gasteiger partial charge in [0.05, 0.1) is 31.2 Å². The zero-order valence-corrected chi connectivity index (χ0v) is 16.2. The summed E-state index contributed by atoms with van der Waals surface area (Å²) in [6.45, 7) is 1.68. The standard InChI is InChI=1S/C18H14BrN3O5/c1-7-6-9(20)14(22-12(7)18(25)27-3)10-5-4-8-13(21-10)16(24)11(19)17(26-2)15(8)23/h4-6H,20H2,1-3H3. The van der Waals surface area contributed by atoms with Crippen molar-refractivity contribution in [2.45, 2.75) is 6.92 Å². The minimum atomic E-state index is -0.617. The fraction of sp³-hybridized carbons (Fsp3) is 0.167. The lowest BCUT2D eigenvalue weighted by atomic mass is 9.97. The molecular weight excluding hydrogens is 418 g/mol. The van der Waals surface area contributed by atoms with E-state index in [0.717, 1.165) is 0 Å². The number of pyridine rings is 2. The van der Waals surface area contributed by atoms with Gasteiger partial charge in [-0.05, 0) is 46.6 Å². The van der Waals surface area contributed by atoms with E-state index in [0.29, 0.717) is 5.56 Å². The second-order valence-corrected chi connectivity index (χ2v) is 6.47. The van der Waals surface area contributed by atoms with Gasteiger partial charge in [0.2, 0.25) is 11.6 Å². The maximum Gasteiger partial charge on any atom is 0.356 e. The van der Waals surface area contributed by atoms with Gasteiger partial charge in [-0.1, -0.05) is 0 Å². The summed E-state index contributed by atoms with van der Waals surface area (Å²) in [6.07, 6.45) is 0. The van der Waals surface area contributed by atoms with Gasteiger partial charge in [-0.3, -0.25) is 9.59 Å². The summed E-state index contributed by atoms with van der Waals surface area (Å²) in [6, 6.07) is 4.53. The van der Waals surface area contributed by atoms with Gasteiger partial charge in [-0.25, -0.2) is 14.8 Å². The van der Waals surface area contributed by atoms with Crippen molar-refractivity contribution in [1.82, 2.24) is 9.97 Å². The van der Waals surface area contributed by atoms with Crippen LogP contribution in [-0.2, 0) is 9.47 Å². The highest BCUT2D eigenvalue weighted by molar-refractivity contribution is 9.12. The Hall–Kier alpha value is -3.07. The smallest absolute Gasteiger partial charge is 0.356 e. The average Bonchev–Trinajstić information content (AvgIpc) is 2.66. The first kappa shape index (κ1) is 18.7. The van der Waals surface area contributed by atoms with E-state index in [9.17, 15) is 14.4 Å². The Morgan fingerprint density at radius 1 is 1.11 bits per heavy atom. The molecule has 0 amide bonds. The molecule has 1 aliphatic rings. The molecule has 27 heavy (non-hydrogen) atoms. The minimum absolute atomic E-state index is 0.00719. The van der Waals surface area contributed by atoms with Gasteiger partial charge >= 0.3 is 5.97 Å². The normalized spacial score (nSPS) is 13.5. The van der Waals surface area contributed by atoms with E-state index in [4.69, 9.17) is 15.2 Å². The molecule has 0 saturated heterocycles. The van der Waals surface area contributed by atoms with Crippen LogP contribution in [0.4, 0.5) is 5.69 Å². The number of methoxy groups -OCH3 is 2. The predicted molar refractivity (Wildman–Crippen MR) is 99.6 cm³/mol. The maximum atomic E-state index is 12.6. The van der Waals surface area contributed by atoms with Gasteiger partial charge in [-0.15, -0.1) is 0 Å². The highest BCUT2D eigenvalue weighted by Gasteiger charge is 2.34. The molecule has 0 aromatic carbocycles. The van der Waals surface area contributed by atoms with Crippen LogP contribution in [0.15, 0.2) is 28.4 Å². The van der Waals surface area contributed by atoms with Crippen molar-refractivity contribution < 1.29 is 23.9 Å². The monoisotopic (exact) mass is 431 g/mol. The van der Waals surface area contributed by atoms with Gasteiger partial charge in [-0.2, -0.15) is 0 Å². The van der Waals surface area contributed by atoms with Crippen LogP contribution in [0.5, 0.6) is 0 Å². The number of anilines is 1. The van der Waals surface area contributed by atoms with E-state index < -0.39 is 17.5 Å². The van der Waals surface area contributed by atoms with Crippen LogP contribution in [0.1, 0.15) is 36.9 Å². The molecule has 0 atom stereocenters. The number of nitrogen functional groups attached to an aromatic ring is 1. The average molecular weight is 432 g/mol. The number of Topliss-reactive ketones (excluding diaryl/α,β-unsaturated/α-hetero) is 2. The number of halogens is 1. The lowest BCUT2D eigenvalue weighted by Gasteiger charge is -2.17. The Balaban J connectivity index is 2.17. The molecule has 0 saturated carbocycles. The maximum absolute atomic E-state index is 12.6. The summed E-state index contributed by atoms with van der Waals surface area (Å²) >= 11 is 3.08. The quantitative estimate of drug-likeness (QED) is 0.735. The molecule has 2 N–H and O–H groups in total. The Morgan fingerprint density at radius 3 is 2.44 bits per heavy atom. The largest absolute Gasteiger partial charge is 0.491 e. The summed E-state index contributed by atoms with van der Waals surface area (Å²) in [5.41, 5.74) is 7.46. The SMILES string of the molecule is COC(=O)c1nc(-c2ccc3c(n2)C(=O)C(Br)=C(OC)C3=O)c(N)cc1C. The van der Waals surface area contributed by atoms with Crippen LogP contribution in [-0.4, -0.2) is 41.7 Å². The first-order chi connectivity index (χ1) is 12.8. The molecule has 2 aromatic rings. The fourth-order valence-electron chi connectivity index (χ4n) is 2.70. The molecule has 8 nitrogen and oxygen atoms in total. The van der Waals surface area contributed by atoms with Crippen LogP contribution in [0, 0.1) is 6.92 Å². The topological polar surface area (TPSA) is 121 Å². The zero-order valence-electron chi connectivity index (χ0n) is 14.6. The number of aromatic nitrogens is 2. The van der Waals surface area contributed by atoms with Crippen molar-refractivity contribution in [2.75, 3.05) is 20.0 Å².